The summed E-state index contributed by atoms with van der Waals surface area (Å²) in [5, 5.41) is 0. The Morgan fingerprint density at radius 2 is 2.15 bits per heavy atom. The fourth-order valence-corrected chi connectivity index (χ4v) is 2.03. The normalized spacial score (nSPS) is 12.2. The minimum absolute atomic E-state index is 0.0587. The van der Waals surface area contributed by atoms with Crippen molar-refractivity contribution in [2.24, 2.45) is 0 Å². The zero-order valence-electron chi connectivity index (χ0n) is 10.5. The lowest BCUT2D eigenvalue weighted by molar-refractivity contribution is -0.174. The molecule has 0 aliphatic rings. The summed E-state index contributed by atoms with van der Waals surface area (Å²) in [5.74, 6) is 1.08. The van der Waals surface area contributed by atoms with Gasteiger partial charge in [0, 0.05) is 25.0 Å². The first kappa shape index (κ1) is 15.1. The van der Waals surface area contributed by atoms with E-state index in [0.717, 1.165) is 0 Å². The van der Waals surface area contributed by atoms with Gasteiger partial charge in [-0.3, -0.25) is 0 Å². The maximum absolute atomic E-state index is 12.0. The first-order chi connectivity index (χ1) is 9.51. The smallest absolute Gasteiger partial charge is 0.370 e. The number of hydrogen-bond acceptors (Lipinski definition) is 3. The highest BCUT2D eigenvalue weighted by Gasteiger charge is 2.27. The molecule has 0 aliphatic carbocycles. The summed E-state index contributed by atoms with van der Waals surface area (Å²) in [6, 6.07) is 3.55. The van der Waals surface area contributed by atoms with Crippen LogP contribution < -0.4 is 0 Å². The Morgan fingerprint density at radius 1 is 1.35 bits per heavy atom. The molecule has 0 aromatic carbocycles. The third-order valence-corrected chi connectivity index (χ3v) is 2.81. The van der Waals surface area contributed by atoms with Crippen LogP contribution in [0.2, 0.25) is 0 Å². The van der Waals surface area contributed by atoms with Crippen molar-refractivity contribution in [1.82, 2.24) is 14.5 Å². The van der Waals surface area contributed by atoms with E-state index in [2.05, 4.69) is 14.7 Å². The number of halogens is 4. The molecule has 2 aromatic rings. The molecule has 0 unspecified atom stereocenters. The average Bonchev–Trinajstić information content (AvgIpc) is 2.72. The van der Waals surface area contributed by atoms with Gasteiger partial charge < -0.3 is 9.30 Å². The van der Waals surface area contributed by atoms with E-state index in [1.165, 1.54) is 0 Å². The van der Waals surface area contributed by atoms with Gasteiger partial charge in [0.15, 0.2) is 5.65 Å². The van der Waals surface area contributed by atoms with Crippen molar-refractivity contribution in [3.63, 3.8) is 0 Å². The number of aryl methyl sites for hydroxylation is 1. The molecule has 8 heteroatoms. The predicted molar refractivity (Wildman–Crippen MR) is 68.8 cm³/mol. The summed E-state index contributed by atoms with van der Waals surface area (Å²) < 4.78 is 42.4. The van der Waals surface area contributed by atoms with Gasteiger partial charge in [0.25, 0.3) is 0 Å². The second-order valence-electron chi connectivity index (χ2n) is 4.13. The van der Waals surface area contributed by atoms with Crippen LogP contribution in [0.15, 0.2) is 18.3 Å². The molecule has 0 fully saturated rings. The van der Waals surface area contributed by atoms with E-state index in [1.54, 1.807) is 22.9 Å². The van der Waals surface area contributed by atoms with E-state index in [4.69, 9.17) is 11.6 Å². The van der Waals surface area contributed by atoms with E-state index in [9.17, 15) is 13.2 Å². The molecule has 110 valence electrons. The van der Waals surface area contributed by atoms with Gasteiger partial charge >= 0.3 is 6.18 Å². The topological polar surface area (TPSA) is 39.9 Å². The number of fused-ring (bicyclic) bond motifs is 1. The lowest BCUT2D eigenvalue weighted by Crippen LogP contribution is -2.19. The zero-order chi connectivity index (χ0) is 14.6. The number of rotatable bonds is 6. The van der Waals surface area contributed by atoms with E-state index < -0.39 is 12.8 Å². The van der Waals surface area contributed by atoms with Crippen molar-refractivity contribution in [2.45, 2.75) is 19.1 Å². The van der Waals surface area contributed by atoms with Gasteiger partial charge in [0.05, 0.1) is 6.61 Å². The van der Waals surface area contributed by atoms with Gasteiger partial charge in [0.1, 0.15) is 17.9 Å². The highest BCUT2D eigenvalue weighted by Crippen LogP contribution is 2.16. The third-order valence-electron chi connectivity index (χ3n) is 2.63. The molecular formula is C12H13ClF3N3O. The highest BCUT2D eigenvalue weighted by atomic mass is 35.5. The molecular weight excluding hydrogens is 295 g/mol. The molecule has 4 nitrogen and oxygen atoms in total. The van der Waals surface area contributed by atoms with Crippen LogP contribution in [0.25, 0.3) is 11.2 Å². The lowest BCUT2D eigenvalue weighted by atomic mass is 10.4. The van der Waals surface area contributed by atoms with Crippen LogP contribution in [0.3, 0.4) is 0 Å². The van der Waals surface area contributed by atoms with Gasteiger partial charge in [-0.2, -0.15) is 13.2 Å². The monoisotopic (exact) mass is 307 g/mol. The lowest BCUT2D eigenvalue weighted by Gasteiger charge is -2.10. The third kappa shape index (κ3) is 3.83. The Kier molecular flexibility index (Phi) is 4.82. The summed E-state index contributed by atoms with van der Waals surface area (Å²) in [6.45, 7) is -1.05. The first-order valence-electron chi connectivity index (χ1n) is 6.02. The molecule has 20 heavy (non-hydrogen) atoms. The predicted octanol–water partition coefficient (Wildman–Crippen LogP) is 2.79. The van der Waals surface area contributed by atoms with Crippen molar-refractivity contribution in [2.75, 3.05) is 19.1 Å². The van der Waals surface area contributed by atoms with Gasteiger partial charge in [-0.1, -0.05) is 0 Å². The van der Waals surface area contributed by atoms with Crippen LogP contribution in [0.4, 0.5) is 13.2 Å². The number of nitrogens with zero attached hydrogens (tertiary/aromatic N) is 3. The number of imidazole rings is 1. The number of alkyl halides is 4. The second-order valence-corrected chi connectivity index (χ2v) is 4.51. The van der Waals surface area contributed by atoms with Crippen molar-refractivity contribution < 1.29 is 17.9 Å². The molecule has 2 rings (SSSR count). The van der Waals surface area contributed by atoms with Gasteiger partial charge in [0.2, 0.25) is 0 Å². The van der Waals surface area contributed by atoms with Crippen molar-refractivity contribution >= 4 is 22.8 Å². The molecule has 0 bridgehead atoms. The summed E-state index contributed by atoms with van der Waals surface area (Å²) in [6.07, 6.45) is -2.17. The number of ether oxygens (including phenoxy) is 1. The standard InChI is InChI=1S/C12H13ClF3N3O/c13-4-3-10-18-9-2-1-5-17-11(9)19(10)6-7-20-8-12(14,15)16/h1-2,5H,3-4,6-8H2. The number of aromatic nitrogens is 3. The minimum Gasteiger partial charge on any atom is -0.370 e. The molecule has 0 atom stereocenters. The highest BCUT2D eigenvalue weighted by molar-refractivity contribution is 6.17. The molecule has 2 heterocycles. The molecule has 0 radical (unpaired) electrons. The largest absolute Gasteiger partial charge is 0.411 e. The Bertz CT molecular complexity index is 571. The van der Waals surface area contributed by atoms with Crippen LogP contribution in [-0.4, -0.2) is 39.8 Å². The SMILES string of the molecule is FC(F)(F)COCCn1c(CCCl)nc2cccnc21. The Hall–Kier alpha value is -1.34. The molecule has 0 saturated heterocycles. The van der Waals surface area contributed by atoms with Crippen molar-refractivity contribution in [3.05, 3.63) is 24.2 Å². The van der Waals surface area contributed by atoms with Gasteiger partial charge in [-0.15, -0.1) is 11.6 Å². The molecule has 2 aromatic heterocycles. The quantitative estimate of drug-likeness (QED) is 0.608. The van der Waals surface area contributed by atoms with Crippen LogP contribution >= 0.6 is 11.6 Å². The van der Waals surface area contributed by atoms with E-state index in [-0.39, 0.29) is 13.2 Å². The van der Waals surface area contributed by atoms with Crippen LogP contribution in [0, 0.1) is 0 Å². The average molecular weight is 308 g/mol. The Labute approximate surface area is 118 Å². The second kappa shape index (κ2) is 6.41. The Morgan fingerprint density at radius 3 is 2.85 bits per heavy atom. The molecule has 0 N–H and O–H groups in total. The van der Waals surface area contributed by atoms with E-state index >= 15 is 0 Å². The van der Waals surface area contributed by atoms with Gasteiger partial charge in [-0.25, -0.2) is 9.97 Å². The maximum Gasteiger partial charge on any atom is 0.411 e. The van der Waals surface area contributed by atoms with Crippen LogP contribution in [0.5, 0.6) is 0 Å². The molecule has 0 amide bonds. The number of pyridine rings is 1. The van der Waals surface area contributed by atoms with Crippen LogP contribution in [-0.2, 0) is 17.7 Å². The number of hydrogen-bond donors (Lipinski definition) is 0. The fourth-order valence-electron chi connectivity index (χ4n) is 1.86. The Balaban J connectivity index is 2.09. The maximum atomic E-state index is 12.0. The summed E-state index contributed by atoms with van der Waals surface area (Å²) in [7, 11) is 0. The van der Waals surface area contributed by atoms with Gasteiger partial charge in [-0.05, 0) is 12.1 Å². The first-order valence-corrected chi connectivity index (χ1v) is 6.55. The van der Waals surface area contributed by atoms with E-state index in [1.807, 2.05) is 0 Å². The minimum atomic E-state index is -4.31. The van der Waals surface area contributed by atoms with Crippen molar-refractivity contribution in [1.29, 1.82) is 0 Å². The van der Waals surface area contributed by atoms with Crippen molar-refractivity contribution in [3.8, 4) is 0 Å². The van der Waals surface area contributed by atoms with Crippen LogP contribution in [0.1, 0.15) is 5.82 Å². The summed E-state index contributed by atoms with van der Waals surface area (Å²) in [5.41, 5.74) is 1.33. The summed E-state index contributed by atoms with van der Waals surface area (Å²) >= 11 is 5.70. The molecule has 0 saturated carbocycles. The summed E-state index contributed by atoms with van der Waals surface area (Å²) in [4.78, 5) is 8.56. The zero-order valence-corrected chi connectivity index (χ0v) is 11.3. The molecule has 0 spiro atoms. The molecule has 0 aliphatic heterocycles. The fraction of sp³-hybridized carbons (Fsp3) is 0.500. The van der Waals surface area contributed by atoms with E-state index in [0.29, 0.717) is 29.3 Å².